The van der Waals surface area contributed by atoms with Crippen molar-refractivity contribution < 1.29 is 14.3 Å². The molecule has 0 aliphatic heterocycles. The lowest BCUT2D eigenvalue weighted by molar-refractivity contribution is 0.0606. The molecule has 0 N–H and O–H groups in total. The average Bonchev–Trinajstić information content (AvgIpc) is 3.03. The van der Waals surface area contributed by atoms with Crippen LogP contribution in [0.3, 0.4) is 0 Å². The van der Waals surface area contributed by atoms with Crippen LogP contribution >= 0.6 is 11.3 Å². The number of ether oxygens (including phenoxy) is 2. The van der Waals surface area contributed by atoms with E-state index in [1.807, 2.05) is 30.3 Å². The van der Waals surface area contributed by atoms with Crippen molar-refractivity contribution in [2.24, 2.45) is 0 Å². The van der Waals surface area contributed by atoms with Crippen LogP contribution in [0.15, 0.2) is 42.6 Å². The number of nitrogens with zero attached hydrogens (tertiary/aromatic N) is 1. The van der Waals surface area contributed by atoms with Crippen LogP contribution in [0.1, 0.15) is 9.67 Å². The standard InChI is InChI=1S/C16H13NO3S/c1-19-13-6-5-10-7-12(4-3-11(10)8-13)15-17-9-14(21-15)16(18)20-2/h3-9H,1-2H3. The first-order chi connectivity index (χ1) is 10.2. The summed E-state index contributed by atoms with van der Waals surface area (Å²) in [5.74, 6) is 0.474. The van der Waals surface area contributed by atoms with Gasteiger partial charge in [-0.2, -0.15) is 0 Å². The molecule has 0 aliphatic rings. The van der Waals surface area contributed by atoms with E-state index in [2.05, 4.69) is 11.1 Å². The molecule has 0 saturated heterocycles. The minimum absolute atomic E-state index is 0.357. The van der Waals surface area contributed by atoms with Gasteiger partial charge in [0.05, 0.1) is 20.4 Å². The fourth-order valence-electron chi connectivity index (χ4n) is 2.09. The lowest BCUT2D eigenvalue weighted by atomic mass is 10.1. The Morgan fingerprint density at radius 1 is 1.10 bits per heavy atom. The van der Waals surface area contributed by atoms with Gasteiger partial charge in [-0.15, -0.1) is 11.3 Å². The van der Waals surface area contributed by atoms with Crippen LogP contribution in [-0.2, 0) is 4.74 Å². The molecule has 0 spiro atoms. The van der Waals surface area contributed by atoms with Crippen molar-refractivity contribution in [1.82, 2.24) is 4.98 Å². The van der Waals surface area contributed by atoms with E-state index >= 15 is 0 Å². The number of fused-ring (bicyclic) bond motifs is 1. The van der Waals surface area contributed by atoms with Crippen LogP contribution in [0.5, 0.6) is 5.75 Å². The zero-order valence-corrected chi connectivity index (χ0v) is 12.4. The summed E-state index contributed by atoms with van der Waals surface area (Å²) < 4.78 is 9.92. The molecule has 0 atom stereocenters. The van der Waals surface area contributed by atoms with Gasteiger partial charge < -0.3 is 9.47 Å². The number of carbonyl (C=O) groups is 1. The fraction of sp³-hybridized carbons (Fsp3) is 0.125. The van der Waals surface area contributed by atoms with Gasteiger partial charge in [-0.05, 0) is 29.0 Å². The maximum Gasteiger partial charge on any atom is 0.349 e. The topological polar surface area (TPSA) is 48.4 Å². The molecular weight excluding hydrogens is 286 g/mol. The Morgan fingerprint density at radius 2 is 1.86 bits per heavy atom. The van der Waals surface area contributed by atoms with Crippen LogP contribution in [0.4, 0.5) is 0 Å². The van der Waals surface area contributed by atoms with E-state index in [9.17, 15) is 4.79 Å². The highest BCUT2D eigenvalue weighted by Crippen LogP contribution is 2.29. The fourth-order valence-corrected chi connectivity index (χ4v) is 2.92. The van der Waals surface area contributed by atoms with Gasteiger partial charge in [0.25, 0.3) is 0 Å². The summed E-state index contributed by atoms with van der Waals surface area (Å²) in [5, 5.41) is 3.00. The van der Waals surface area contributed by atoms with Crippen molar-refractivity contribution in [1.29, 1.82) is 0 Å². The molecule has 3 rings (SSSR count). The Labute approximate surface area is 126 Å². The lowest BCUT2D eigenvalue weighted by Gasteiger charge is -2.04. The van der Waals surface area contributed by atoms with Crippen molar-refractivity contribution in [3.63, 3.8) is 0 Å². The first-order valence-electron chi connectivity index (χ1n) is 6.33. The molecule has 0 saturated carbocycles. The van der Waals surface area contributed by atoms with E-state index in [4.69, 9.17) is 9.47 Å². The molecule has 5 heteroatoms. The van der Waals surface area contributed by atoms with Gasteiger partial charge in [0.1, 0.15) is 15.6 Å². The van der Waals surface area contributed by atoms with Gasteiger partial charge in [0.2, 0.25) is 0 Å². The van der Waals surface area contributed by atoms with E-state index in [0.29, 0.717) is 4.88 Å². The second-order valence-corrected chi connectivity index (χ2v) is 5.48. The molecule has 21 heavy (non-hydrogen) atoms. The van der Waals surface area contributed by atoms with Crippen molar-refractivity contribution in [3.8, 4) is 16.3 Å². The average molecular weight is 299 g/mol. The maximum absolute atomic E-state index is 11.5. The Hall–Kier alpha value is -2.40. The zero-order valence-electron chi connectivity index (χ0n) is 11.6. The molecule has 0 radical (unpaired) electrons. The normalized spacial score (nSPS) is 10.6. The number of hydrogen-bond acceptors (Lipinski definition) is 5. The van der Waals surface area contributed by atoms with E-state index in [1.165, 1.54) is 18.4 Å². The van der Waals surface area contributed by atoms with Gasteiger partial charge in [-0.25, -0.2) is 9.78 Å². The van der Waals surface area contributed by atoms with Crippen molar-refractivity contribution in [2.45, 2.75) is 0 Å². The summed E-state index contributed by atoms with van der Waals surface area (Å²) in [6, 6.07) is 12.0. The lowest BCUT2D eigenvalue weighted by Crippen LogP contribution is -1.96. The van der Waals surface area contributed by atoms with Gasteiger partial charge in [-0.1, -0.05) is 18.2 Å². The van der Waals surface area contributed by atoms with Gasteiger partial charge in [-0.3, -0.25) is 0 Å². The van der Waals surface area contributed by atoms with Gasteiger partial charge in [0.15, 0.2) is 0 Å². The monoisotopic (exact) mass is 299 g/mol. The number of carbonyl (C=O) groups excluding carboxylic acids is 1. The number of thiazole rings is 1. The molecule has 0 amide bonds. The third-order valence-electron chi connectivity index (χ3n) is 3.19. The summed E-state index contributed by atoms with van der Waals surface area (Å²) in [4.78, 5) is 16.3. The predicted molar refractivity (Wildman–Crippen MR) is 82.9 cm³/mol. The van der Waals surface area contributed by atoms with E-state index in [1.54, 1.807) is 13.3 Å². The second-order valence-electron chi connectivity index (χ2n) is 4.45. The highest BCUT2D eigenvalue weighted by atomic mass is 32.1. The maximum atomic E-state index is 11.5. The molecule has 1 heterocycles. The Morgan fingerprint density at radius 3 is 2.62 bits per heavy atom. The zero-order chi connectivity index (χ0) is 14.8. The van der Waals surface area contributed by atoms with Crippen molar-refractivity contribution >= 4 is 28.1 Å². The highest BCUT2D eigenvalue weighted by molar-refractivity contribution is 7.16. The molecule has 0 unspecified atom stereocenters. The number of hydrogen-bond donors (Lipinski definition) is 0. The molecule has 0 aliphatic carbocycles. The Kier molecular flexibility index (Phi) is 3.58. The quantitative estimate of drug-likeness (QED) is 0.691. The first kappa shape index (κ1) is 13.6. The minimum atomic E-state index is -0.357. The van der Waals surface area contributed by atoms with Crippen LogP contribution < -0.4 is 4.74 Å². The van der Waals surface area contributed by atoms with Gasteiger partial charge >= 0.3 is 5.97 Å². The second kappa shape index (κ2) is 5.54. The molecule has 2 aromatic carbocycles. The number of aromatic nitrogens is 1. The van der Waals surface area contributed by atoms with E-state index < -0.39 is 0 Å². The van der Waals surface area contributed by atoms with Crippen LogP contribution in [0.25, 0.3) is 21.3 Å². The molecule has 1 aromatic heterocycles. The molecule has 3 aromatic rings. The number of methoxy groups -OCH3 is 2. The molecule has 4 nitrogen and oxygen atoms in total. The van der Waals surface area contributed by atoms with Gasteiger partial charge in [0, 0.05) is 5.56 Å². The first-order valence-corrected chi connectivity index (χ1v) is 7.15. The molecule has 0 bridgehead atoms. The van der Waals surface area contributed by atoms with Crippen molar-refractivity contribution in [2.75, 3.05) is 14.2 Å². The Bertz CT molecular complexity index is 810. The minimum Gasteiger partial charge on any atom is -0.497 e. The molecular formula is C16H13NO3S. The third-order valence-corrected chi connectivity index (χ3v) is 4.21. The Balaban J connectivity index is 2.01. The summed E-state index contributed by atoms with van der Waals surface area (Å²) >= 11 is 1.32. The van der Waals surface area contributed by atoms with Crippen LogP contribution in [-0.4, -0.2) is 25.2 Å². The highest BCUT2D eigenvalue weighted by Gasteiger charge is 2.12. The summed E-state index contributed by atoms with van der Waals surface area (Å²) in [6.45, 7) is 0. The van der Waals surface area contributed by atoms with Crippen LogP contribution in [0, 0.1) is 0 Å². The summed E-state index contributed by atoms with van der Waals surface area (Å²) in [7, 11) is 3.02. The molecule has 106 valence electrons. The smallest absolute Gasteiger partial charge is 0.349 e. The third kappa shape index (κ3) is 2.60. The van der Waals surface area contributed by atoms with Crippen molar-refractivity contribution in [3.05, 3.63) is 47.5 Å². The predicted octanol–water partition coefficient (Wildman–Crippen LogP) is 3.76. The van der Waals surface area contributed by atoms with E-state index in [0.717, 1.165) is 27.1 Å². The number of benzene rings is 2. The largest absolute Gasteiger partial charge is 0.497 e. The van der Waals surface area contributed by atoms with Crippen LogP contribution in [0.2, 0.25) is 0 Å². The number of rotatable bonds is 3. The molecule has 0 fully saturated rings. The SMILES string of the molecule is COC(=O)c1cnc(-c2ccc3cc(OC)ccc3c2)s1. The summed E-state index contributed by atoms with van der Waals surface area (Å²) in [6.07, 6.45) is 1.55. The van der Waals surface area contributed by atoms with E-state index in [-0.39, 0.29) is 5.97 Å². The summed E-state index contributed by atoms with van der Waals surface area (Å²) in [5.41, 5.74) is 0.979. The number of esters is 1.